The summed E-state index contributed by atoms with van der Waals surface area (Å²) in [4.78, 5) is 17.8. The van der Waals surface area contributed by atoms with Gasteiger partial charge in [-0.1, -0.05) is 0 Å². The lowest BCUT2D eigenvalue weighted by Gasteiger charge is -2.21. The second-order valence-corrected chi connectivity index (χ2v) is 4.68. The number of alkyl carbamates (subject to hydrolysis) is 1. The Morgan fingerprint density at radius 2 is 2.00 bits per heavy atom. The van der Waals surface area contributed by atoms with Gasteiger partial charge in [-0.3, -0.25) is 4.99 Å². The monoisotopic (exact) mass is 398 g/mol. The molecule has 1 rings (SSSR count). The van der Waals surface area contributed by atoms with E-state index in [1.165, 1.54) is 0 Å². The average Bonchev–Trinajstić information content (AvgIpc) is 3.20. The van der Waals surface area contributed by atoms with Crippen LogP contribution in [0.2, 0.25) is 0 Å². The van der Waals surface area contributed by atoms with Gasteiger partial charge in [0.1, 0.15) is 0 Å². The van der Waals surface area contributed by atoms with E-state index in [0.717, 1.165) is 25.9 Å². The molecule has 0 radical (unpaired) electrons. The van der Waals surface area contributed by atoms with Crippen molar-refractivity contribution in [2.75, 3.05) is 26.2 Å². The number of amides is 1. The van der Waals surface area contributed by atoms with Crippen LogP contribution in [0.1, 0.15) is 33.6 Å². The van der Waals surface area contributed by atoms with Crippen molar-refractivity contribution in [3.05, 3.63) is 0 Å². The number of rotatable bonds is 7. The summed E-state index contributed by atoms with van der Waals surface area (Å²) >= 11 is 0. The fourth-order valence-electron chi connectivity index (χ4n) is 1.97. The van der Waals surface area contributed by atoms with Crippen molar-refractivity contribution in [2.24, 2.45) is 16.6 Å². The van der Waals surface area contributed by atoms with Crippen LogP contribution in [-0.4, -0.2) is 49.2 Å². The number of halogens is 1. The molecule has 7 heteroatoms. The molecule has 1 aliphatic rings. The first-order chi connectivity index (χ1) is 9.12. The molecule has 1 unspecified atom stereocenters. The largest absolute Gasteiger partial charge is 0.450 e. The van der Waals surface area contributed by atoms with Crippen LogP contribution in [0.25, 0.3) is 0 Å². The van der Waals surface area contributed by atoms with Gasteiger partial charge >= 0.3 is 6.09 Å². The maximum Gasteiger partial charge on any atom is 0.407 e. The van der Waals surface area contributed by atoms with Gasteiger partial charge in [0.2, 0.25) is 0 Å². The highest BCUT2D eigenvalue weighted by molar-refractivity contribution is 14.0. The Morgan fingerprint density at radius 1 is 1.40 bits per heavy atom. The molecule has 1 aliphatic carbocycles. The number of carbonyl (C=O) groups is 1. The van der Waals surface area contributed by atoms with Crippen molar-refractivity contribution in [1.29, 1.82) is 0 Å². The summed E-state index contributed by atoms with van der Waals surface area (Å²) in [7, 11) is 0. The number of nitrogens with one attached hydrogen (secondary N) is 1. The average molecular weight is 398 g/mol. The summed E-state index contributed by atoms with van der Waals surface area (Å²) in [6.07, 6.45) is 1.91. The van der Waals surface area contributed by atoms with Crippen LogP contribution in [0.4, 0.5) is 4.79 Å². The van der Waals surface area contributed by atoms with Crippen molar-refractivity contribution in [1.82, 2.24) is 10.2 Å². The number of carbonyl (C=O) groups excluding carboxylic acids is 1. The Kier molecular flexibility index (Phi) is 9.70. The third-order valence-corrected chi connectivity index (χ3v) is 3.31. The first-order valence-corrected chi connectivity index (χ1v) is 7.10. The van der Waals surface area contributed by atoms with Crippen LogP contribution in [0.15, 0.2) is 4.99 Å². The van der Waals surface area contributed by atoms with E-state index < -0.39 is 0 Å². The molecule has 1 fully saturated rings. The van der Waals surface area contributed by atoms with Gasteiger partial charge in [-0.2, -0.15) is 0 Å². The third-order valence-electron chi connectivity index (χ3n) is 3.31. The van der Waals surface area contributed by atoms with Crippen molar-refractivity contribution >= 4 is 36.0 Å². The Bertz CT molecular complexity index is 317. The molecule has 1 amide bonds. The minimum absolute atomic E-state index is 0. The highest BCUT2D eigenvalue weighted by atomic mass is 127. The van der Waals surface area contributed by atoms with Gasteiger partial charge < -0.3 is 20.7 Å². The predicted octanol–water partition coefficient (Wildman–Crippen LogP) is 1.79. The van der Waals surface area contributed by atoms with Gasteiger partial charge in [0.05, 0.1) is 19.2 Å². The van der Waals surface area contributed by atoms with Crippen LogP contribution in [0.5, 0.6) is 0 Å². The number of aliphatic imine (C=N–C) groups is 1. The van der Waals surface area contributed by atoms with Crippen LogP contribution in [0, 0.1) is 5.92 Å². The molecular weight excluding hydrogens is 371 g/mol. The first kappa shape index (κ1) is 19.3. The first-order valence-electron chi connectivity index (χ1n) is 7.10. The third kappa shape index (κ3) is 6.62. The van der Waals surface area contributed by atoms with Crippen molar-refractivity contribution in [3.8, 4) is 0 Å². The Balaban J connectivity index is 0.00000361. The zero-order chi connectivity index (χ0) is 14.3. The van der Waals surface area contributed by atoms with E-state index in [9.17, 15) is 4.79 Å². The zero-order valence-corrected chi connectivity index (χ0v) is 14.9. The quantitative estimate of drug-likeness (QED) is 0.389. The summed E-state index contributed by atoms with van der Waals surface area (Å²) in [6, 6.07) is 0.0353. The van der Waals surface area contributed by atoms with Gasteiger partial charge in [0.15, 0.2) is 5.96 Å². The van der Waals surface area contributed by atoms with Crippen molar-refractivity contribution < 1.29 is 9.53 Å². The molecule has 1 saturated carbocycles. The normalized spacial score (nSPS) is 16.1. The SMILES string of the molecule is CCOC(=O)NC(CN=C(N)N(CC)CC)C1CC1.I. The number of hydrogen-bond donors (Lipinski definition) is 2. The number of nitrogens with zero attached hydrogens (tertiary/aromatic N) is 2. The fraction of sp³-hybridized carbons (Fsp3) is 0.846. The molecule has 118 valence electrons. The maximum atomic E-state index is 11.5. The van der Waals surface area contributed by atoms with Gasteiger partial charge in [0, 0.05) is 13.1 Å². The van der Waals surface area contributed by atoms with Gasteiger partial charge in [-0.05, 0) is 39.5 Å². The summed E-state index contributed by atoms with van der Waals surface area (Å²) < 4.78 is 4.91. The molecule has 0 aromatic rings. The van der Waals surface area contributed by atoms with Gasteiger partial charge in [-0.15, -0.1) is 24.0 Å². The lowest BCUT2D eigenvalue weighted by Crippen LogP contribution is -2.41. The van der Waals surface area contributed by atoms with Gasteiger partial charge in [-0.25, -0.2) is 4.79 Å². The molecule has 6 nitrogen and oxygen atoms in total. The van der Waals surface area contributed by atoms with Crippen LogP contribution < -0.4 is 11.1 Å². The fourth-order valence-corrected chi connectivity index (χ4v) is 1.97. The number of hydrogen-bond acceptors (Lipinski definition) is 3. The van der Waals surface area contributed by atoms with Crippen LogP contribution in [-0.2, 0) is 4.74 Å². The molecule has 0 heterocycles. The molecule has 0 saturated heterocycles. The van der Waals surface area contributed by atoms with E-state index in [1.807, 2.05) is 18.7 Å². The van der Waals surface area contributed by atoms with Gasteiger partial charge in [0.25, 0.3) is 0 Å². The molecule has 3 N–H and O–H groups in total. The lowest BCUT2D eigenvalue weighted by atomic mass is 10.2. The summed E-state index contributed by atoms with van der Waals surface area (Å²) in [5.41, 5.74) is 5.93. The second kappa shape index (κ2) is 10.1. The van der Waals surface area contributed by atoms with E-state index in [1.54, 1.807) is 6.92 Å². The van der Waals surface area contributed by atoms with E-state index in [2.05, 4.69) is 10.3 Å². The van der Waals surface area contributed by atoms with E-state index in [4.69, 9.17) is 10.5 Å². The molecular formula is C13H27IN4O2. The Hall–Kier alpha value is -0.730. The summed E-state index contributed by atoms with van der Waals surface area (Å²) in [5, 5.41) is 2.87. The summed E-state index contributed by atoms with van der Waals surface area (Å²) in [6.45, 7) is 8.46. The molecule has 0 aromatic heterocycles. The molecule has 0 aliphatic heterocycles. The predicted molar refractivity (Wildman–Crippen MR) is 91.5 cm³/mol. The summed E-state index contributed by atoms with van der Waals surface area (Å²) in [5.74, 6) is 1.05. The number of nitrogens with two attached hydrogens (primary N) is 1. The van der Waals surface area contributed by atoms with Crippen LogP contribution in [0.3, 0.4) is 0 Å². The van der Waals surface area contributed by atoms with Crippen molar-refractivity contribution in [2.45, 2.75) is 39.7 Å². The van der Waals surface area contributed by atoms with E-state index in [0.29, 0.717) is 25.0 Å². The maximum absolute atomic E-state index is 11.5. The highest BCUT2D eigenvalue weighted by Crippen LogP contribution is 2.32. The minimum Gasteiger partial charge on any atom is -0.450 e. The van der Waals surface area contributed by atoms with E-state index in [-0.39, 0.29) is 36.1 Å². The highest BCUT2D eigenvalue weighted by Gasteiger charge is 2.32. The molecule has 0 spiro atoms. The number of ether oxygens (including phenoxy) is 1. The van der Waals surface area contributed by atoms with Crippen LogP contribution >= 0.6 is 24.0 Å². The standard InChI is InChI=1S/C13H26N4O2.HI/c1-4-17(5-2)12(14)15-9-11(10-7-8-10)16-13(18)19-6-3;/h10-11H,4-9H2,1-3H3,(H2,14,15)(H,16,18);1H. The number of guanidine groups is 1. The van der Waals surface area contributed by atoms with E-state index >= 15 is 0 Å². The Labute approximate surface area is 138 Å². The molecule has 0 bridgehead atoms. The smallest absolute Gasteiger partial charge is 0.407 e. The van der Waals surface area contributed by atoms with Crippen molar-refractivity contribution in [3.63, 3.8) is 0 Å². The molecule has 0 aromatic carbocycles. The molecule has 20 heavy (non-hydrogen) atoms. The Morgan fingerprint density at radius 3 is 2.45 bits per heavy atom. The zero-order valence-electron chi connectivity index (χ0n) is 12.6. The minimum atomic E-state index is -0.365. The lowest BCUT2D eigenvalue weighted by molar-refractivity contribution is 0.147. The second-order valence-electron chi connectivity index (χ2n) is 4.68. The molecule has 1 atom stereocenters. The topological polar surface area (TPSA) is 79.9 Å².